The van der Waals surface area contributed by atoms with Crippen LogP contribution in [0, 0.1) is 0 Å². The van der Waals surface area contributed by atoms with Gasteiger partial charge >= 0.3 is 0 Å². The van der Waals surface area contributed by atoms with E-state index in [2.05, 4.69) is 49.2 Å². The first-order valence-electron chi connectivity index (χ1n) is 15.3. The molecule has 0 atom stereocenters. The van der Waals surface area contributed by atoms with Gasteiger partial charge in [0, 0.05) is 6.42 Å². The molecule has 33 heavy (non-hydrogen) atoms. The molecule has 0 radical (unpaired) electrons. The van der Waals surface area contributed by atoms with Crippen LogP contribution in [0.15, 0.2) is 12.4 Å². The van der Waals surface area contributed by atoms with Gasteiger partial charge in [0.15, 0.2) is 0 Å². The van der Waals surface area contributed by atoms with Gasteiger partial charge in [-0.05, 0) is 33.1 Å². The Hall–Kier alpha value is -0.790. The number of imidazole rings is 1. The highest BCUT2D eigenvalue weighted by Crippen LogP contribution is 2.14. The van der Waals surface area contributed by atoms with Gasteiger partial charge in [-0.1, -0.05) is 129 Å². The van der Waals surface area contributed by atoms with Crippen LogP contribution in [0.3, 0.4) is 0 Å². The Labute approximate surface area is 208 Å². The summed E-state index contributed by atoms with van der Waals surface area (Å²) in [5.41, 5.74) is 0. The zero-order valence-electron chi connectivity index (χ0n) is 23.4. The molecule has 2 nitrogen and oxygen atoms in total. The van der Waals surface area contributed by atoms with E-state index in [9.17, 15) is 0 Å². The quantitative estimate of drug-likeness (QED) is 0.107. The fourth-order valence-electron chi connectivity index (χ4n) is 5.14. The molecule has 0 aliphatic heterocycles. The maximum atomic E-state index is 2.57. The Morgan fingerprint density at radius 2 is 0.970 bits per heavy atom. The Bertz CT molecular complexity index is 531. The molecule has 0 aromatic carbocycles. The summed E-state index contributed by atoms with van der Waals surface area (Å²) in [5, 5.41) is 0. The molecule has 1 aromatic heterocycles. The molecule has 0 aliphatic carbocycles. The molecule has 0 spiro atoms. The molecule has 0 saturated carbocycles. The van der Waals surface area contributed by atoms with Crippen molar-refractivity contribution in [2.45, 2.75) is 182 Å². The van der Waals surface area contributed by atoms with Gasteiger partial charge in [0.1, 0.15) is 12.4 Å². The third-order valence-corrected chi connectivity index (χ3v) is 7.35. The van der Waals surface area contributed by atoms with Crippen LogP contribution in [0.5, 0.6) is 0 Å². The fourth-order valence-corrected chi connectivity index (χ4v) is 5.14. The van der Waals surface area contributed by atoms with Crippen molar-refractivity contribution in [3.05, 3.63) is 18.2 Å². The Balaban J connectivity index is 2.16. The van der Waals surface area contributed by atoms with E-state index < -0.39 is 0 Å². The van der Waals surface area contributed by atoms with E-state index in [1.165, 1.54) is 148 Å². The Morgan fingerprint density at radius 3 is 1.39 bits per heavy atom. The van der Waals surface area contributed by atoms with Crippen molar-refractivity contribution >= 4 is 0 Å². The summed E-state index contributed by atoms with van der Waals surface area (Å²) >= 11 is 0. The second-order valence-electron chi connectivity index (χ2n) is 10.9. The van der Waals surface area contributed by atoms with E-state index >= 15 is 0 Å². The minimum Gasteiger partial charge on any atom is -0.234 e. The maximum Gasteiger partial charge on any atom is 0.256 e. The lowest BCUT2D eigenvalue weighted by molar-refractivity contribution is -0.722. The van der Waals surface area contributed by atoms with Crippen LogP contribution in [-0.4, -0.2) is 4.57 Å². The van der Waals surface area contributed by atoms with Gasteiger partial charge in [-0.3, -0.25) is 0 Å². The van der Waals surface area contributed by atoms with Gasteiger partial charge in [0.25, 0.3) is 5.82 Å². The van der Waals surface area contributed by atoms with E-state index in [0.717, 1.165) is 0 Å². The zero-order chi connectivity index (χ0) is 24.0. The highest BCUT2D eigenvalue weighted by Gasteiger charge is 2.18. The molecule has 1 heterocycles. The van der Waals surface area contributed by atoms with Crippen LogP contribution in [0.1, 0.15) is 174 Å². The van der Waals surface area contributed by atoms with Crippen molar-refractivity contribution in [1.29, 1.82) is 0 Å². The predicted octanol–water partition coefficient (Wildman–Crippen LogP) is 10.1. The first kappa shape index (κ1) is 30.2. The van der Waals surface area contributed by atoms with Gasteiger partial charge in [0.05, 0.1) is 12.6 Å². The molecule has 1 rings (SSSR count). The van der Waals surface area contributed by atoms with Crippen molar-refractivity contribution in [2.24, 2.45) is 0 Å². The van der Waals surface area contributed by atoms with E-state index in [-0.39, 0.29) is 0 Å². The smallest absolute Gasteiger partial charge is 0.234 e. The standard InChI is InChI=1S/C31H61N2/c1-5-7-9-11-13-15-17-18-20-22-24-26-31-32(28-29-33(31)30(3)4)27-25-23-21-19-16-14-12-10-8-6-2/h28-30H,5-27H2,1-4H3/q+1. The average molecular weight is 462 g/mol. The minimum atomic E-state index is 0.571. The molecular formula is C31H61N2+. The first-order chi connectivity index (χ1) is 16.2. The number of rotatable bonds is 24. The lowest BCUT2D eigenvalue weighted by atomic mass is 10.1. The topological polar surface area (TPSA) is 8.81 Å². The molecule has 0 amide bonds. The summed E-state index contributed by atoms with van der Waals surface area (Å²) < 4.78 is 5.09. The normalized spacial score (nSPS) is 11.7. The summed E-state index contributed by atoms with van der Waals surface area (Å²) in [5.74, 6) is 1.57. The summed E-state index contributed by atoms with van der Waals surface area (Å²) in [7, 11) is 0. The highest BCUT2D eigenvalue weighted by molar-refractivity contribution is 4.85. The van der Waals surface area contributed by atoms with Crippen molar-refractivity contribution in [1.82, 2.24) is 4.57 Å². The summed E-state index contributed by atoms with van der Waals surface area (Å²) in [6.45, 7) is 10.5. The highest BCUT2D eigenvalue weighted by atomic mass is 15.2. The molecule has 1 aromatic rings. The second-order valence-corrected chi connectivity index (χ2v) is 10.9. The molecule has 0 aliphatic rings. The van der Waals surface area contributed by atoms with E-state index in [4.69, 9.17) is 0 Å². The van der Waals surface area contributed by atoms with Gasteiger partial charge in [0.2, 0.25) is 0 Å². The number of nitrogens with zero attached hydrogens (tertiary/aromatic N) is 2. The molecule has 0 bridgehead atoms. The Morgan fingerprint density at radius 1 is 0.576 bits per heavy atom. The van der Waals surface area contributed by atoms with Crippen LogP contribution in [0.2, 0.25) is 0 Å². The van der Waals surface area contributed by atoms with Gasteiger partial charge in [-0.25, -0.2) is 9.13 Å². The number of aromatic nitrogens is 2. The van der Waals surface area contributed by atoms with Crippen LogP contribution in [-0.2, 0) is 13.0 Å². The van der Waals surface area contributed by atoms with Crippen molar-refractivity contribution in [3.63, 3.8) is 0 Å². The second kappa shape index (κ2) is 21.7. The van der Waals surface area contributed by atoms with Crippen molar-refractivity contribution < 1.29 is 4.57 Å². The van der Waals surface area contributed by atoms with Crippen LogP contribution < -0.4 is 4.57 Å². The lowest BCUT2D eigenvalue weighted by Crippen LogP contribution is -2.39. The number of aryl methyl sites for hydroxylation is 1. The Kier molecular flexibility index (Phi) is 19.9. The third kappa shape index (κ3) is 15.7. The van der Waals surface area contributed by atoms with Gasteiger partial charge in [-0.2, -0.15) is 0 Å². The number of unbranched alkanes of at least 4 members (excludes halogenated alkanes) is 19. The van der Waals surface area contributed by atoms with Crippen LogP contribution in [0.4, 0.5) is 0 Å². The van der Waals surface area contributed by atoms with Crippen LogP contribution >= 0.6 is 0 Å². The minimum absolute atomic E-state index is 0.571. The summed E-state index contributed by atoms with van der Waals surface area (Å²) in [6.07, 6.45) is 35.8. The summed E-state index contributed by atoms with van der Waals surface area (Å²) in [6, 6.07) is 0.571. The van der Waals surface area contributed by atoms with Gasteiger partial charge < -0.3 is 0 Å². The van der Waals surface area contributed by atoms with E-state index in [0.29, 0.717) is 6.04 Å². The average Bonchev–Trinajstić information content (AvgIpc) is 3.21. The SMILES string of the molecule is CCCCCCCCCCCCCc1n(CCCCCCCCCCCC)cc[n+]1C(C)C. The molecular weight excluding hydrogens is 400 g/mol. The fraction of sp³-hybridized carbons (Fsp3) is 0.903. The van der Waals surface area contributed by atoms with Crippen molar-refractivity contribution in [2.75, 3.05) is 0 Å². The first-order valence-corrected chi connectivity index (χ1v) is 15.3. The zero-order valence-corrected chi connectivity index (χ0v) is 23.4. The molecule has 0 unspecified atom stereocenters. The molecule has 194 valence electrons. The molecule has 0 saturated heterocycles. The largest absolute Gasteiger partial charge is 0.256 e. The van der Waals surface area contributed by atoms with E-state index in [1.807, 2.05) is 0 Å². The third-order valence-electron chi connectivity index (χ3n) is 7.35. The van der Waals surface area contributed by atoms with Crippen molar-refractivity contribution in [3.8, 4) is 0 Å². The summed E-state index contributed by atoms with van der Waals surface area (Å²) in [4.78, 5) is 0. The predicted molar refractivity (Wildman–Crippen MR) is 147 cm³/mol. The van der Waals surface area contributed by atoms with Gasteiger partial charge in [-0.15, -0.1) is 0 Å². The molecule has 0 fully saturated rings. The maximum absolute atomic E-state index is 2.57. The molecule has 2 heteroatoms. The number of hydrogen-bond donors (Lipinski definition) is 0. The molecule has 0 N–H and O–H groups in total. The lowest BCUT2D eigenvalue weighted by Gasteiger charge is -2.08. The van der Waals surface area contributed by atoms with Crippen LogP contribution in [0.25, 0.3) is 0 Å². The monoisotopic (exact) mass is 461 g/mol. The van der Waals surface area contributed by atoms with E-state index in [1.54, 1.807) is 5.82 Å². The number of hydrogen-bond acceptors (Lipinski definition) is 0.